The lowest BCUT2D eigenvalue weighted by molar-refractivity contribution is -0.385. The molecule has 0 aliphatic carbocycles. The van der Waals surface area contributed by atoms with Crippen LogP contribution in [0.4, 0.5) is 5.69 Å². The summed E-state index contributed by atoms with van der Waals surface area (Å²) < 4.78 is 0. The molecule has 6 nitrogen and oxygen atoms in total. The number of nitrogens with zero attached hydrogens (tertiary/aromatic N) is 3. The van der Waals surface area contributed by atoms with Crippen LogP contribution in [0.5, 0.6) is 0 Å². The van der Waals surface area contributed by atoms with Crippen molar-refractivity contribution in [3.8, 4) is 17.9 Å². The second kappa shape index (κ2) is 5.44. The second-order valence-electron chi connectivity index (χ2n) is 2.79. The van der Waals surface area contributed by atoms with E-state index in [0.717, 1.165) is 0 Å². The molecule has 0 aliphatic rings. The fourth-order valence-corrected chi connectivity index (χ4v) is 0.981. The van der Waals surface area contributed by atoms with Gasteiger partial charge in [-0.1, -0.05) is 11.8 Å². The third-order valence-electron chi connectivity index (χ3n) is 1.67. The molecule has 6 heteroatoms. The van der Waals surface area contributed by atoms with Crippen molar-refractivity contribution in [2.24, 2.45) is 0 Å². The van der Waals surface area contributed by atoms with Gasteiger partial charge in [0.1, 0.15) is 6.07 Å². The Hall–Kier alpha value is -2.44. The summed E-state index contributed by atoms with van der Waals surface area (Å²) in [4.78, 5) is 13.6. The zero-order chi connectivity index (χ0) is 12.0. The van der Waals surface area contributed by atoms with E-state index < -0.39 is 4.92 Å². The maximum atomic E-state index is 10.6. The monoisotopic (exact) mass is 216 g/mol. The standard InChI is InChI=1S/C10H8N4O2/c1-12-4-2-3-8-5-10(14(15)16)9(6-11)13-7-8/h5,7,12H,4H2,1H3. The molecule has 0 atom stereocenters. The average Bonchev–Trinajstić information content (AvgIpc) is 2.29. The predicted octanol–water partition coefficient (Wildman–Crippen LogP) is 0.432. The van der Waals surface area contributed by atoms with Crippen LogP contribution >= 0.6 is 0 Å². The summed E-state index contributed by atoms with van der Waals surface area (Å²) in [5, 5.41) is 22.0. The van der Waals surface area contributed by atoms with E-state index in [4.69, 9.17) is 5.26 Å². The number of nitriles is 1. The minimum Gasteiger partial charge on any atom is -0.309 e. The molecule has 1 aromatic rings. The molecule has 1 rings (SSSR count). The minimum absolute atomic E-state index is 0.204. The number of rotatable bonds is 2. The second-order valence-corrected chi connectivity index (χ2v) is 2.79. The lowest BCUT2D eigenvalue weighted by atomic mass is 10.2. The summed E-state index contributed by atoms with van der Waals surface area (Å²) in [7, 11) is 1.74. The van der Waals surface area contributed by atoms with E-state index in [1.165, 1.54) is 12.3 Å². The SMILES string of the molecule is CNCC#Cc1cnc(C#N)c([N+](=O)[O-])c1. The Morgan fingerprint density at radius 1 is 1.69 bits per heavy atom. The van der Waals surface area contributed by atoms with Crippen molar-refractivity contribution in [2.75, 3.05) is 13.6 Å². The van der Waals surface area contributed by atoms with Crippen molar-refractivity contribution in [3.05, 3.63) is 33.6 Å². The third-order valence-corrected chi connectivity index (χ3v) is 1.67. The van der Waals surface area contributed by atoms with Crippen molar-refractivity contribution >= 4 is 5.69 Å². The van der Waals surface area contributed by atoms with Crippen molar-refractivity contribution in [3.63, 3.8) is 0 Å². The predicted molar refractivity (Wildman–Crippen MR) is 56.4 cm³/mol. The van der Waals surface area contributed by atoms with E-state index in [9.17, 15) is 10.1 Å². The van der Waals surface area contributed by atoms with E-state index >= 15 is 0 Å². The Morgan fingerprint density at radius 2 is 2.44 bits per heavy atom. The van der Waals surface area contributed by atoms with Gasteiger partial charge in [0.05, 0.1) is 11.5 Å². The van der Waals surface area contributed by atoms with Crippen LogP contribution in [0.2, 0.25) is 0 Å². The fourth-order valence-electron chi connectivity index (χ4n) is 0.981. The molecule has 0 spiro atoms. The molecule has 80 valence electrons. The maximum absolute atomic E-state index is 10.6. The van der Waals surface area contributed by atoms with Gasteiger partial charge in [0.15, 0.2) is 0 Å². The van der Waals surface area contributed by atoms with Crippen LogP contribution in [0.25, 0.3) is 0 Å². The molecule has 1 N–H and O–H groups in total. The largest absolute Gasteiger partial charge is 0.309 e. The summed E-state index contributed by atoms with van der Waals surface area (Å²) in [5.41, 5.74) is -0.108. The van der Waals surface area contributed by atoms with Crippen LogP contribution in [0, 0.1) is 33.3 Å². The molecular formula is C10H8N4O2. The Kier molecular flexibility index (Phi) is 3.96. The van der Waals surface area contributed by atoms with Gasteiger partial charge in [0, 0.05) is 17.8 Å². The van der Waals surface area contributed by atoms with Crippen LogP contribution < -0.4 is 5.32 Å². The summed E-state index contributed by atoms with van der Waals surface area (Å²) in [6.45, 7) is 0.480. The number of nitrogens with one attached hydrogen (secondary N) is 1. The first-order valence-corrected chi connectivity index (χ1v) is 4.37. The highest BCUT2D eigenvalue weighted by Crippen LogP contribution is 2.16. The molecular weight excluding hydrogens is 208 g/mol. The number of pyridine rings is 1. The van der Waals surface area contributed by atoms with Crippen LogP contribution in [0.3, 0.4) is 0 Å². The van der Waals surface area contributed by atoms with Gasteiger partial charge < -0.3 is 5.32 Å². The van der Waals surface area contributed by atoms with Crippen molar-refractivity contribution in [1.82, 2.24) is 10.3 Å². The Morgan fingerprint density at radius 3 is 3.00 bits per heavy atom. The zero-order valence-corrected chi connectivity index (χ0v) is 8.52. The van der Waals surface area contributed by atoms with E-state index in [1.807, 2.05) is 0 Å². The quantitative estimate of drug-likeness (QED) is 0.439. The number of aromatic nitrogens is 1. The summed E-state index contributed by atoms with van der Waals surface area (Å²) in [5.74, 6) is 5.45. The van der Waals surface area contributed by atoms with Gasteiger partial charge in [-0.05, 0) is 7.05 Å². The van der Waals surface area contributed by atoms with Crippen molar-refractivity contribution in [1.29, 1.82) is 5.26 Å². The van der Waals surface area contributed by atoms with Crippen molar-refractivity contribution in [2.45, 2.75) is 0 Å². The molecule has 0 unspecified atom stereocenters. The van der Waals surface area contributed by atoms with Crippen molar-refractivity contribution < 1.29 is 4.92 Å². The van der Waals surface area contributed by atoms with Gasteiger partial charge in [-0.25, -0.2) is 4.98 Å². The Labute approximate surface area is 92.1 Å². The molecule has 0 aromatic carbocycles. The molecule has 0 saturated carbocycles. The molecule has 16 heavy (non-hydrogen) atoms. The first-order valence-electron chi connectivity index (χ1n) is 4.37. The van der Waals surface area contributed by atoms with Gasteiger partial charge in [-0.2, -0.15) is 5.26 Å². The number of hydrogen-bond acceptors (Lipinski definition) is 5. The van der Waals surface area contributed by atoms with E-state index in [1.54, 1.807) is 13.1 Å². The normalized spacial score (nSPS) is 8.75. The molecule has 1 aromatic heterocycles. The van der Waals surface area contributed by atoms with Crippen LogP contribution in [-0.2, 0) is 0 Å². The number of nitro groups is 1. The Balaban J connectivity index is 3.10. The van der Waals surface area contributed by atoms with E-state index in [2.05, 4.69) is 22.1 Å². The summed E-state index contributed by atoms with van der Waals surface area (Å²) in [6, 6.07) is 2.90. The zero-order valence-electron chi connectivity index (χ0n) is 8.52. The number of hydrogen-bond donors (Lipinski definition) is 1. The topological polar surface area (TPSA) is 91.8 Å². The van der Waals surface area contributed by atoms with E-state index in [-0.39, 0.29) is 11.4 Å². The van der Waals surface area contributed by atoms with Gasteiger partial charge >= 0.3 is 5.69 Å². The van der Waals surface area contributed by atoms with Crippen LogP contribution in [0.15, 0.2) is 12.3 Å². The first kappa shape index (κ1) is 11.6. The molecule has 0 saturated heterocycles. The molecule has 0 amide bonds. The molecule has 0 fully saturated rings. The average molecular weight is 216 g/mol. The van der Waals surface area contributed by atoms with Crippen LogP contribution in [0.1, 0.15) is 11.3 Å². The lowest BCUT2D eigenvalue weighted by Gasteiger charge is -1.94. The molecule has 1 heterocycles. The van der Waals surface area contributed by atoms with Gasteiger partial charge in [-0.3, -0.25) is 10.1 Å². The van der Waals surface area contributed by atoms with Crippen LogP contribution in [-0.4, -0.2) is 23.5 Å². The van der Waals surface area contributed by atoms with Gasteiger partial charge in [0.25, 0.3) is 0 Å². The lowest BCUT2D eigenvalue weighted by Crippen LogP contribution is -2.04. The molecule has 0 bridgehead atoms. The highest BCUT2D eigenvalue weighted by molar-refractivity contribution is 5.49. The third kappa shape index (κ3) is 2.77. The summed E-state index contributed by atoms with van der Waals surface area (Å²) in [6.07, 6.45) is 1.34. The molecule has 0 aliphatic heterocycles. The smallest absolute Gasteiger partial charge is 0.306 e. The fraction of sp³-hybridized carbons (Fsp3) is 0.200. The van der Waals surface area contributed by atoms with Gasteiger partial charge in [-0.15, -0.1) is 0 Å². The highest BCUT2D eigenvalue weighted by atomic mass is 16.6. The summed E-state index contributed by atoms with van der Waals surface area (Å²) >= 11 is 0. The highest BCUT2D eigenvalue weighted by Gasteiger charge is 2.14. The van der Waals surface area contributed by atoms with Gasteiger partial charge in [0.2, 0.25) is 5.69 Å². The minimum atomic E-state index is -0.644. The maximum Gasteiger partial charge on any atom is 0.306 e. The first-order chi connectivity index (χ1) is 7.69. The Bertz CT molecular complexity index is 508. The molecule has 0 radical (unpaired) electrons. The van der Waals surface area contributed by atoms with E-state index in [0.29, 0.717) is 12.1 Å².